The number of hydrogen-bond acceptors (Lipinski definition) is 4. The van der Waals surface area contributed by atoms with Gasteiger partial charge < -0.3 is 15.2 Å². The Bertz CT molecular complexity index is 458. The summed E-state index contributed by atoms with van der Waals surface area (Å²) in [6, 6.07) is 6.65. The monoisotopic (exact) mass is 292 g/mol. The minimum absolute atomic E-state index is 0.163. The van der Waals surface area contributed by atoms with E-state index in [2.05, 4.69) is 24.8 Å². The van der Waals surface area contributed by atoms with Gasteiger partial charge in [0.2, 0.25) is 0 Å². The lowest BCUT2D eigenvalue weighted by molar-refractivity contribution is 0.147. The van der Waals surface area contributed by atoms with Crippen molar-refractivity contribution in [1.29, 1.82) is 0 Å². The fourth-order valence-corrected chi connectivity index (χ4v) is 2.91. The lowest BCUT2D eigenvalue weighted by Gasteiger charge is -2.35. The largest absolute Gasteiger partial charge is 0.493 e. The van der Waals surface area contributed by atoms with Crippen LogP contribution in [0.1, 0.15) is 38.3 Å². The summed E-state index contributed by atoms with van der Waals surface area (Å²) in [6.45, 7) is 6.16. The Labute approximate surface area is 128 Å². The predicted octanol–water partition coefficient (Wildman–Crippen LogP) is 2.82. The van der Waals surface area contributed by atoms with Crippen molar-refractivity contribution in [2.75, 3.05) is 27.3 Å². The van der Waals surface area contributed by atoms with Crippen molar-refractivity contribution in [3.63, 3.8) is 0 Å². The van der Waals surface area contributed by atoms with E-state index in [4.69, 9.17) is 15.2 Å². The molecule has 4 heteroatoms. The molecule has 0 radical (unpaired) electrons. The van der Waals surface area contributed by atoms with Gasteiger partial charge in [-0.3, -0.25) is 4.90 Å². The van der Waals surface area contributed by atoms with Gasteiger partial charge in [0.15, 0.2) is 11.5 Å². The summed E-state index contributed by atoms with van der Waals surface area (Å²) in [6.07, 6.45) is 2.69. The molecule has 118 valence electrons. The first-order valence-corrected chi connectivity index (χ1v) is 7.79. The number of nitrogens with two attached hydrogens (primary N) is 1. The lowest BCUT2D eigenvalue weighted by atomic mass is 10.0. The Morgan fingerprint density at radius 1 is 1.24 bits per heavy atom. The first-order chi connectivity index (χ1) is 10.1. The highest BCUT2D eigenvalue weighted by molar-refractivity contribution is 5.48. The molecule has 1 aromatic carbocycles. The highest BCUT2D eigenvalue weighted by atomic mass is 16.5. The fourth-order valence-electron chi connectivity index (χ4n) is 2.91. The van der Waals surface area contributed by atoms with Crippen molar-refractivity contribution < 1.29 is 9.47 Å². The molecule has 1 unspecified atom stereocenters. The second-order valence-electron chi connectivity index (χ2n) is 6.07. The number of benzene rings is 1. The summed E-state index contributed by atoms with van der Waals surface area (Å²) in [4.78, 5) is 2.50. The minimum Gasteiger partial charge on any atom is -0.493 e. The molecule has 1 atom stereocenters. The van der Waals surface area contributed by atoms with Gasteiger partial charge in [0.05, 0.1) is 20.3 Å². The fraction of sp³-hybridized carbons (Fsp3) is 0.647. The highest BCUT2D eigenvalue weighted by Crippen LogP contribution is 2.39. The third-order valence-electron chi connectivity index (χ3n) is 4.25. The van der Waals surface area contributed by atoms with Crippen LogP contribution in [-0.4, -0.2) is 38.3 Å². The molecule has 1 aliphatic rings. The number of para-hydroxylation sites is 1. The number of hydrogen-bond donors (Lipinski definition) is 1. The summed E-state index contributed by atoms with van der Waals surface area (Å²) in [7, 11) is 3.36. The molecule has 2 rings (SSSR count). The van der Waals surface area contributed by atoms with E-state index in [1.54, 1.807) is 14.2 Å². The normalized spacial score (nSPS) is 16.3. The van der Waals surface area contributed by atoms with Gasteiger partial charge in [-0.05, 0) is 38.7 Å². The van der Waals surface area contributed by atoms with Crippen LogP contribution >= 0.6 is 0 Å². The Kier molecular flexibility index (Phi) is 5.48. The van der Waals surface area contributed by atoms with Crippen LogP contribution in [0.15, 0.2) is 18.2 Å². The molecule has 1 fully saturated rings. The Balaban J connectivity index is 2.34. The second kappa shape index (κ2) is 7.14. The van der Waals surface area contributed by atoms with Crippen LogP contribution < -0.4 is 15.2 Å². The Morgan fingerprint density at radius 2 is 1.95 bits per heavy atom. The minimum atomic E-state index is 0.163. The maximum Gasteiger partial charge on any atom is 0.165 e. The maximum absolute atomic E-state index is 6.12. The van der Waals surface area contributed by atoms with Crippen molar-refractivity contribution in [2.45, 2.75) is 38.8 Å². The van der Waals surface area contributed by atoms with Crippen molar-refractivity contribution in [3.8, 4) is 11.5 Å². The average molecular weight is 292 g/mol. The van der Waals surface area contributed by atoms with Gasteiger partial charge in [-0.2, -0.15) is 0 Å². The number of methoxy groups -OCH3 is 2. The summed E-state index contributed by atoms with van der Waals surface area (Å²) in [5.41, 5.74) is 7.24. The zero-order valence-electron chi connectivity index (χ0n) is 13.6. The number of rotatable bonds is 8. The second-order valence-corrected chi connectivity index (χ2v) is 6.07. The molecular weight excluding hydrogens is 264 g/mol. The van der Waals surface area contributed by atoms with Gasteiger partial charge in [0, 0.05) is 24.7 Å². The van der Waals surface area contributed by atoms with E-state index in [9.17, 15) is 0 Å². The lowest BCUT2D eigenvalue weighted by Crippen LogP contribution is -2.40. The van der Waals surface area contributed by atoms with Crippen molar-refractivity contribution >= 4 is 0 Å². The number of ether oxygens (including phenoxy) is 2. The maximum atomic E-state index is 6.12. The molecule has 0 saturated heterocycles. The summed E-state index contributed by atoms with van der Waals surface area (Å²) >= 11 is 0. The third kappa shape index (κ3) is 3.69. The van der Waals surface area contributed by atoms with E-state index in [0.717, 1.165) is 29.5 Å². The van der Waals surface area contributed by atoms with Crippen LogP contribution in [-0.2, 0) is 0 Å². The SMILES string of the molecule is COc1cccc(C(CN)N(CC2CC2)C(C)C)c1OC. The standard InChI is InChI=1S/C17H28N2O2/c1-12(2)19(11-13-8-9-13)15(10-18)14-6-5-7-16(20-3)17(14)21-4/h5-7,12-13,15H,8-11,18H2,1-4H3. The van der Waals surface area contributed by atoms with E-state index in [-0.39, 0.29) is 6.04 Å². The number of nitrogens with zero attached hydrogens (tertiary/aromatic N) is 1. The van der Waals surface area contributed by atoms with Crippen molar-refractivity contribution in [3.05, 3.63) is 23.8 Å². The summed E-state index contributed by atoms with van der Waals surface area (Å²) in [5, 5.41) is 0. The molecule has 0 aromatic heterocycles. The molecular formula is C17H28N2O2. The zero-order valence-corrected chi connectivity index (χ0v) is 13.6. The predicted molar refractivity (Wildman–Crippen MR) is 85.9 cm³/mol. The zero-order chi connectivity index (χ0) is 15.4. The van der Waals surface area contributed by atoms with Gasteiger partial charge in [-0.1, -0.05) is 12.1 Å². The van der Waals surface area contributed by atoms with Crippen molar-refractivity contribution in [2.24, 2.45) is 11.7 Å². The summed E-state index contributed by atoms with van der Waals surface area (Å²) in [5.74, 6) is 2.40. The molecule has 0 aliphatic heterocycles. The van der Waals surface area contributed by atoms with Crippen LogP contribution in [0.4, 0.5) is 0 Å². The molecule has 4 nitrogen and oxygen atoms in total. The highest BCUT2D eigenvalue weighted by Gasteiger charge is 2.31. The van der Waals surface area contributed by atoms with Crippen LogP contribution in [0.5, 0.6) is 11.5 Å². The molecule has 0 bridgehead atoms. The van der Waals surface area contributed by atoms with Gasteiger partial charge in [0.1, 0.15) is 0 Å². The van der Waals surface area contributed by atoms with E-state index < -0.39 is 0 Å². The molecule has 0 spiro atoms. The van der Waals surface area contributed by atoms with Crippen LogP contribution in [0.3, 0.4) is 0 Å². The Hall–Kier alpha value is -1.26. The first-order valence-electron chi connectivity index (χ1n) is 7.79. The van der Waals surface area contributed by atoms with E-state index in [1.807, 2.05) is 12.1 Å². The first kappa shape index (κ1) is 16.1. The van der Waals surface area contributed by atoms with Crippen LogP contribution in [0.2, 0.25) is 0 Å². The van der Waals surface area contributed by atoms with Gasteiger partial charge in [-0.25, -0.2) is 0 Å². The van der Waals surface area contributed by atoms with E-state index in [0.29, 0.717) is 12.6 Å². The van der Waals surface area contributed by atoms with Crippen LogP contribution in [0, 0.1) is 5.92 Å². The van der Waals surface area contributed by atoms with Gasteiger partial charge in [0.25, 0.3) is 0 Å². The third-order valence-corrected chi connectivity index (χ3v) is 4.25. The average Bonchev–Trinajstić information content (AvgIpc) is 3.30. The molecule has 2 N–H and O–H groups in total. The molecule has 0 heterocycles. The van der Waals surface area contributed by atoms with Crippen molar-refractivity contribution in [1.82, 2.24) is 4.90 Å². The van der Waals surface area contributed by atoms with Crippen LogP contribution in [0.25, 0.3) is 0 Å². The topological polar surface area (TPSA) is 47.7 Å². The Morgan fingerprint density at radius 3 is 2.43 bits per heavy atom. The summed E-state index contributed by atoms with van der Waals surface area (Å²) < 4.78 is 11.0. The van der Waals surface area contributed by atoms with Gasteiger partial charge in [-0.15, -0.1) is 0 Å². The quantitative estimate of drug-likeness (QED) is 0.800. The molecule has 1 saturated carbocycles. The molecule has 0 amide bonds. The van der Waals surface area contributed by atoms with Gasteiger partial charge >= 0.3 is 0 Å². The smallest absolute Gasteiger partial charge is 0.165 e. The van der Waals surface area contributed by atoms with E-state index in [1.165, 1.54) is 12.8 Å². The molecule has 21 heavy (non-hydrogen) atoms. The molecule has 1 aliphatic carbocycles. The molecule has 1 aromatic rings. The van der Waals surface area contributed by atoms with E-state index >= 15 is 0 Å².